The Kier molecular flexibility index (Phi) is 5.04. The van der Waals surface area contributed by atoms with Crippen molar-refractivity contribution in [2.24, 2.45) is 18.0 Å². The molecule has 9 nitrogen and oxygen atoms in total. The van der Waals surface area contributed by atoms with Crippen molar-refractivity contribution in [3.63, 3.8) is 0 Å². The van der Waals surface area contributed by atoms with Crippen LogP contribution in [-0.4, -0.2) is 43.1 Å². The quantitative estimate of drug-likeness (QED) is 0.468. The van der Waals surface area contributed by atoms with Crippen molar-refractivity contribution in [2.75, 3.05) is 7.11 Å². The zero-order chi connectivity index (χ0) is 23.4. The van der Waals surface area contributed by atoms with Crippen molar-refractivity contribution in [1.82, 2.24) is 29.6 Å². The monoisotopic (exact) mass is 477 g/mol. The van der Waals surface area contributed by atoms with E-state index in [1.165, 1.54) is 0 Å². The van der Waals surface area contributed by atoms with Crippen LogP contribution in [-0.2, 0) is 11.9 Å². The molecule has 1 aliphatic carbocycles. The van der Waals surface area contributed by atoms with Crippen LogP contribution in [0.15, 0.2) is 48.1 Å². The molecule has 0 saturated heterocycles. The fraction of sp³-hybridized carbons (Fsp3) is 0.333. The molecule has 5 heterocycles. The summed E-state index contributed by atoms with van der Waals surface area (Å²) in [7, 11) is 3.58. The van der Waals surface area contributed by atoms with E-state index >= 15 is 0 Å². The summed E-state index contributed by atoms with van der Waals surface area (Å²) in [5, 5.41) is 1.58. The lowest BCUT2D eigenvalue weighted by molar-refractivity contribution is -0.0290. The van der Waals surface area contributed by atoms with Gasteiger partial charge in [0.15, 0.2) is 5.84 Å². The molecule has 2 unspecified atom stereocenters. The Labute approximate surface area is 201 Å². The number of aryl methyl sites for hydroxylation is 2. The first-order chi connectivity index (χ1) is 16.5. The van der Waals surface area contributed by atoms with Gasteiger partial charge in [0.05, 0.1) is 24.2 Å². The van der Waals surface area contributed by atoms with Crippen molar-refractivity contribution < 1.29 is 9.57 Å². The molecule has 2 aliphatic rings. The number of ether oxygens (including phenoxy) is 1. The van der Waals surface area contributed by atoms with E-state index in [9.17, 15) is 0 Å². The molecule has 0 aromatic carbocycles. The highest BCUT2D eigenvalue weighted by molar-refractivity contribution is 6.31. The summed E-state index contributed by atoms with van der Waals surface area (Å²) in [5.74, 6) is 1.49. The molecule has 1 N–H and O–H groups in total. The highest BCUT2D eigenvalue weighted by Gasteiger charge is 2.42. The number of pyridine rings is 2. The molecule has 4 aromatic rings. The Morgan fingerprint density at radius 2 is 2.06 bits per heavy atom. The Morgan fingerprint density at radius 3 is 2.79 bits per heavy atom. The highest BCUT2D eigenvalue weighted by atomic mass is 35.5. The molecule has 0 bridgehead atoms. The van der Waals surface area contributed by atoms with Crippen LogP contribution in [0.25, 0.3) is 16.7 Å². The van der Waals surface area contributed by atoms with Gasteiger partial charge in [0.2, 0.25) is 5.88 Å². The number of hydrogen-bond donors (Lipinski definition) is 1. The van der Waals surface area contributed by atoms with Crippen molar-refractivity contribution >= 4 is 28.5 Å². The average molecular weight is 478 g/mol. The number of aromatic nitrogens is 5. The number of imidazole rings is 1. The van der Waals surface area contributed by atoms with Gasteiger partial charge in [0, 0.05) is 36.6 Å². The normalized spacial score (nSPS) is 20.3. The molecule has 0 spiro atoms. The van der Waals surface area contributed by atoms with E-state index < -0.39 is 0 Å². The zero-order valence-corrected chi connectivity index (χ0v) is 19.8. The maximum atomic E-state index is 6.29. The number of hydrogen-bond acceptors (Lipinski definition) is 7. The summed E-state index contributed by atoms with van der Waals surface area (Å²) < 4.78 is 9.48. The van der Waals surface area contributed by atoms with Gasteiger partial charge in [0.25, 0.3) is 0 Å². The van der Waals surface area contributed by atoms with E-state index in [1.807, 2.05) is 47.5 Å². The van der Waals surface area contributed by atoms with Crippen LogP contribution in [0, 0.1) is 12.8 Å². The number of fused-ring (bicyclic) bond motifs is 1. The van der Waals surface area contributed by atoms with Crippen LogP contribution in [0.3, 0.4) is 0 Å². The van der Waals surface area contributed by atoms with Crippen LogP contribution in [0.4, 0.5) is 0 Å². The largest absolute Gasteiger partial charge is 0.479 e. The smallest absolute Gasteiger partial charge is 0.238 e. The Balaban J connectivity index is 1.43. The molecule has 4 aromatic heterocycles. The maximum absolute atomic E-state index is 6.29. The van der Waals surface area contributed by atoms with Crippen LogP contribution < -0.4 is 10.2 Å². The summed E-state index contributed by atoms with van der Waals surface area (Å²) in [6.07, 6.45) is 9.58. The first kappa shape index (κ1) is 21.1. The lowest BCUT2D eigenvalue weighted by atomic mass is 9.98. The lowest BCUT2D eigenvalue weighted by Gasteiger charge is -2.30. The molecular weight excluding hydrogens is 454 g/mol. The van der Waals surface area contributed by atoms with Gasteiger partial charge < -0.3 is 13.9 Å². The third-order valence-electron chi connectivity index (χ3n) is 6.35. The van der Waals surface area contributed by atoms with Crippen molar-refractivity contribution in [3.05, 3.63) is 65.1 Å². The van der Waals surface area contributed by atoms with Crippen LogP contribution in [0.1, 0.15) is 35.8 Å². The van der Waals surface area contributed by atoms with Crippen LogP contribution in [0.5, 0.6) is 5.88 Å². The van der Waals surface area contributed by atoms with E-state index in [-0.39, 0.29) is 12.1 Å². The van der Waals surface area contributed by atoms with Gasteiger partial charge in [0.1, 0.15) is 29.2 Å². The minimum absolute atomic E-state index is 0.0802. The van der Waals surface area contributed by atoms with Gasteiger partial charge in [-0.1, -0.05) is 11.6 Å². The molecule has 174 valence electrons. The Morgan fingerprint density at radius 1 is 1.21 bits per heavy atom. The zero-order valence-electron chi connectivity index (χ0n) is 19.1. The number of rotatable bonds is 5. The van der Waals surface area contributed by atoms with E-state index in [0.29, 0.717) is 28.4 Å². The number of nitrogens with one attached hydrogen (secondary N) is 1. The summed E-state index contributed by atoms with van der Waals surface area (Å²) in [5.41, 5.74) is 7.30. The second kappa shape index (κ2) is 8.11. The third kappa shape index (κ3) is 3.61. The van der Waals surface area contributed by atoms with E-state index in [1.54, 1.807) is 19.6 Å². The van der Waals surface area contributed by atoms with Gasteiger partial charge in [-0.15, -0.1) is 0 Å². The summed E-state index contributed by atoms with van der Waals surface area (Å²) in [6, 6.07) is 5.58. The first-order valence-corrected chi connectivity index (χ1v) is 11.6. The predicted octanol–water partition coefficient (Wildman–Crippen LogP) is 3.93. The van der Waals surface area contributed by atoms with Crippen molar-refractivity contribution in [1.29, 1.82) is 0 Å². The van der Waals surface area contributed by atoms with E-state index in [2.05, 4.69) is 21.6 Å². The predicted molar refractivity (Wildman–Crippen MR) is 128 cm³/mol. The van der Waals surface area contributed by atoms with Gasteiger partial charge in [-0.2, -0.15) is 0 Å². The van der Waals surface area contributed by atoms with E-state index in [0.717, 1.165) is 40.8 Å². The molecule has 6 rings (SSSR count). The minimum Gasteiger partial charge on any atom is -0.479 e. The number of aliphatic imine (C=N–C) groups is 1. The van der Waals surface area contributed by atoms with Crippen molar-refractivity contribution in [2.45, 2.75) is 31.9 Å². The number of methoxy groups -OCH3 is 1. The maximum Gasteiger partial charge on any atom is 0.238 e. The molecule has 0 amide bonds. The number of nitrogens with zero attached hydrogens (tertiary/aromatic N) is 6. The highest BCUT2D eigenvalue weighted by Crippen LogP contribution is 2.44. The SMILES string of the molecule is COc1nc(C2=NC(c3cn(C)c4ncc(Cl)cc34)C(C3CC3)ON2)ccc1-n1cnc(C)c1. The van der Waals surface area contributed by atoms with Crippen LogP contribution >= 0.6 is 11.6 Å². The number of hydroxylamine groups is 1. The standard InChI is InChI=1S/C24H24ClN7O2/c1-13-10-32(12-27-13)19-7-6-18(28-24(19)33-3)22-29-20(21(34-30-22)14-4-5-14)17-11-31(2)23-16(17)8-15(25)9-26-23/h6-12,14,20-21H,4-5H2,1-3H3,(H,29,30). The molecule has 2 atom stereocenters. The lowest BCUT2D eigenvalue weighted by Crippen LogP contribution is -2.40. The van der Waals surface area contributed by atoms with Gasteiger partial charge >= 0.3 is 0 Å². The van der Waals surface area contributed by atoms with Gasteiger partial charge in [-0.05, 0) is 43.9 Å². The molecule has 34 heavy (non-hydrogen) atoms. The van der Waals surface area contributed by atoms with Crippen molar-refractivity contribution in [3.8, 4) is 11.6 Å². The Bertz CT molecular complexity index is 1420. The number of halogens is 1. The first-order valence-electron chi connectivity index (χ1n) is 11.2. The summed E-state index contributed by atoms with van der Waals surface area (Å²) >= 11 is 6.29. The summed E-state index contributed by atoms with van der Waals surface area (Å²) in [4.78, 5) is 24.8. The third-order valence-corrected chi connectivity index (χ3v) is 6.56. The topological polar surface area (TPSA) is 91.4 Å². The van der Waals surface area contributed by atoms with Gasteiger partial charge in [-0.25, -0.2) is 20.4 Å². The van der Waals surface area contributed by atoms with Crippen LogP contribution in [0.2, 0.25) is 5.02 Å². The molecule has 1 saturated carbocycles. The fourth-order valence-corrected chi connectivity index (χ4v) is 4.69. The number of amidine groups is 1. The second-order valence-corrected chi connectivity index (χ2v) is 9.25. The summed E-state index contributed by atoms with van der Waals surface area (Å²) in [6.45, 7) is 1.94. The van der Waals surface area contributed by atoms with E-state index in [4.69, 9.17) is 31.2 Å². The molecule has 10 heteroatoms. The molecular formula is C24H24ClN7O2. The van der Waals surface area contributed by atoms with Gasteiger partial charge in [-0.3, -0.25) is 9.83 Å². The minimum atomic E-state index is -0.212. The molecule has 1 fully saturated rings. The molecule has 1 aliphatic heterocycles. The Hall–Kier alpha value is -3.43. The molecule has 0 radical (unpaired) electrons. The average Bonchev–Trinajstić information content (AvgIpc) is 3.53. The second-order valence-electron chi connectivity index (χ2n) is 8.81. The fourth-order valence-electron chi connectivity index (χ4n) is 4.54.